The molecule has 0 radical (unpaired) electrons. The third-order valence-electron chi connectivity index (χ3n) is 4.66. The van der Waals surface area contributed by atoms with Crippen molar-refractivity contribution in [1.82, 2.24) is 9.97 Å². The van der Waals surface area contributed by atoms with Gasteiger partial charge in [-0.2, -0.15) is 0 Å². The van der Waals surface area contributed by atoms with Crippen LogP contribution < -0.4 is 11.1 Å². The minimum Gasteiger partial charge on any atom is -0.373 e. The molecule has 25 heavy (non-hydrogen) atoms. The Morgan fingerprint density at radius 2 is 1.84 bits per heavy atom. The Balaban J connectivity index is 1.66. The number of aromatic nitrogens is 2. The smallest absolute Gasteiger partial charge is 0.314 e. The van der Waals surface area contributed by atoms with Gasteiger partial charge in [0, 0.05) is 10.9 Å². The Labute approximate surface area is 152 Å². The van der Waals surface area contributed by atoms with E-state index in [1.807, 2.05) is 36.4 Å². The summed E-state index contributed by atoms with van der Waals surface area (Å²) in [5.41, 5.74) is 3.45. The number of rotatable bonds is 3. The van der Waals surface area contributed by atoms with E-state index in [-0.39, 0.29) is 6.10 Å². The molecule has 0 aliphatic heterocycles. The first-order chi connectivity index (χ1) is 12.1. The number of hydrogen-bond acceptors (Lipinski definition) is 3. The average molecular weight is 401 g/mol. The second-order valence-corrected chi connectivity index (χ2v) is 7.16. The summed E-state index contributed by atoms with van der Waals surface area (Å²) in [5.74, 6) is 0. The second kappa shape index (κ2) is 6.61. The molecule has 4 rings (SSSR count). The number of H-pyrrole nitrogens is 2. The van der Waals surface area contributed by atoms with E-state index in [0.717, 1.165) is 28.4 Å². The molecular formula is C19H17BrN2O3. The maximum Gasteiger partial charge on any atom is 0.314 e. The topological polar surface area (TPSA) is 75.0 Å². The molecule has 0 saturated carbocycles. The fraction of sp³-hybridized carbons (Fsp3) is 0.263. The van der Waals surface area contributed by atoms with E-state index in [2.05, 4.69) is 25.9 Å². The van der Waals surface area contributed by atoms with Gasteiger partial charge in [-0.25, -0.2) is 0 Å². The summed E-state index contributed by atoms with van der Waals surface area (Å²) < 4.78 is 7.05. The molecule has 0 fully saturated rings. The quantitative estimate of drug-likeness (QED) is 0.663. The number of ether oxygens (including phenoxy) is 1. The lowest BCUT2D eigenvalue weighted by atomic mass is 9.88. The van der Waals surface area contributed by atoms with Crippen LogP contribution in [0.3, 0.4) is 0 Å². The zero-order chi connectivity index (χ0) is 17.4. The van der Waals surface area contributed by atoms with Crippen molar-refractivity contribution < 1.29 is 4.74 Å². The van der Waals surface area contributed by atoms with Crippen LogP contribution in [0.25, 0.3) is 11.0 Å². The molecule has 0 spiro atoms. The van der Waals surface area contributed by atoms with Crippen LogP contribution in [0.4, 0.5) is 0 Å². The van der Waals surface area contributed by atoms with Crippen LogP contribution >= 0.6 is 15.9 Å². The van der Waals surface area contributed by atoms with Gasteiger partial charge in [0.05, 0.1) is 23.7 Å². The highest BCUT2D eigenvalue weighted by molar-refractivity contribution is 9.10. The zero-order valence-corrected chi connectivity index (χ0v) is 15.1. The highest BCUT2D eigenvalue weighted by Gasteiger charge is 2.24. The van der Waals surface area contributed by atoms with E-state index >= 15 is 0 Å². The Bertz CT molecular complexity index is 1040. The maximum atomic E-state index is 11.8. The summed E-state index contributed by atoms with van der Waals surface area (Å²) in [5, 5.41) is 0. The summed E-state index contributed by atoms with van der Waals surface area (Å²) in [6.07, 6.45) is 2.59. The Kier molecular flexibility index (Phi) is 4.31. The minimum atomic E-state index is -0.632. The summed E-state index contributed by atoms with van der Waals surface area (Å²) in [7, 11) is 0. The van der Waals surface area contributed by atoms with Gasteiger partial charge in [-0.1, -0.05) is 46.3 Å². The van der Waals surface area contributed by atoms with Gasteiger partial charge < -0.3 is 14.7 Å². The molecule has 0 bridgehead atoms. The van der Waals surface area contributed by atoms with Gasteiger partial charge in [-0.3, -0.25) is 9.59 Å². The third kappa shape index (κ3) is 3.19. The van der Waals surface area contributed by atoms with Crippen LogP contribution in [0, 0.1) is 0 Å². The molecule has 2 aromatic carbocycles. The van der Waals surface area contributed by atoms with E-state index in [4.69, 9.17) is 4.74 Å². The first-order valence-corrected chi connectivity index (χ1v) is 9.03. The van der Waals surface area contributed by atoms with Crippen molar-refractivity contribution in [3.8, 4) is 0 Å². The SMILES string of the molecule is O=c1[nH]c2cc(Br)c3c(c2[nH]c1=O)CC(OCc1ccccc1)CC3. The summed E-state index contributed by atoms with van der Waals surface area (Å²) in [4.78, 5) is 28.7. The van der Waals surface area contributed by atoms with Crippen LogP contribution in [-0.4, -0.2) is 16.1 Å². The van der Waals surface area contributed by atoms with Crippen molar-refractivity contribution in [2.75, 3.05) is 0 Å². The van der Waals surface area contributed by atoms with E-state index in [0.29, 0.717) is 24.1 Å². The molecule has 128 valence electrons. The van der Waals surface area contributed by atoms with Gasteiger partial charge >= 0.3 is 11.1 Å². The number of nitrogens with one attached hydrogen (secondary N) is 2. The van der Waals surface area contributed by atoms with Crippen LogP contribution in [0.5, 0.6) is 0 Å². The monoisotopic (exact) mass is 400 g/mol. The molecule has 1 unspecified atom stereocenters. The molecule has 1 heterocycles. The van der Waals surface area contributed by atoms with Gasteiger partial charge in [0.2, 0.25) is 0 Å². The molecule has 1 atom stereocenters. The summed E-state index contributed by atoms with van der Waals surface area (Å²) >= 11 is 3.59. The molecule has 3 aromatic rings. The van der Waals surface area contributed by atoms with Crippen molar-refractivity contribution in [1.29, 1.82) is 0 Å². The number of halogens is 1. The predicted octanol–water partition coefficient (Wildman–Crippen LogP) is 3.05. The lowest BCUT2D eigenvalue weighted by molar-refractivity contribution is 0.0321. The van der Waals surface area contributed by atoms with Crippen molar-refractivity contribution in [3.05, 3.63) is 78.3 Å². The molecule has 2 N–H and O–H groups in total. The van der Waals surface area contributed by atoms with Crippen molar-refractivity contribution >= 4 is 27.0 Å². The standard InChI is InChI=1S/C19H17BrN2O3/c20-15-9-16-17(22-19(24)18(23)21-16)14-8-12(6-7-13(14)15)25-10-11-4-2-1-3-5-11/h1-5,9,12H,6-8,10H2,(H,21,23)(H,22,24). The normalized spacial score (nSPS) is 16.8. The Morgan fingerprint density at radius 3 is 2.64 bits per heavy atom. The van der Waals surface area contributed by atoms with Gasteiger partial charge in [-0.05, 0) is 35.6 Å². The Morgan fingerprint density at radius 1 is 1.08 bits per heavy atom. The van der Waals surface area contributed by atoms with Gasteiger partial charge in [-0.15, -0.1) is 0 Å². The van der Waals surface area contributed by atoms with Crippen LogP contribution in [0.1, 0.15) is 23.1 Å². The lowest BCUT2D eigenvalue weighted by Gasteiger charge is -2.26. The van der Waals surface area contributed by atoms with E-state index < -0.39 is 11.1 Å². The van der Waals surface area contributed by atoms with E-state index in [1.165, 1.54) is 5.56 Å². The first-order valence-electron chi connectivity index (χ1n) is 8.24. The Hall–Kier alpha value is -2.18. The molecule has 0 amide bonds. The van der Waals surface area contributed by atoms with Gasteiger partial charge in [0.15, 0.2) is 0 Å². The average Bonchev–Trinajstić information content (AvgIpc) is 2.63. The fourth-order valence-corrected chi connectivity index (χ4v) is 4.06. The first kappa shape index (κ1) is 16.3. The molecule has 1 aromatic heterocycles. The number of fused-ring (bicyclic) bond motifs is 3. The summed E-state index contributed by atoms with van der Waals surface area (Å²) in [6.45, 7) is 0.570. The number of aromatic amines is 2. The number of hydrogen-bond donors (Lipinski definition) is 2. The van der Waals surface area contributed by atoms with Crippen LogP contribution in [0.15, 0.2) is 50.5 Å². The third-order valence-corrected chi connectivity index (χ3v) is 5.37. The zero-order valence-electron chi connectivity index (χ0n) is 13.5. The molecule has 1 aliphatic rings. The van der Waals surface area contributed by atoms with Gasteiger partial charge in [0.1, 0.15) is 0 Å². The summed E-state index contributed by atoms with van der Waals surface area (Å²) in [6, 6.07) is 11.9. The predicted molar refractivity (Wildman–Crippen MR) is 99.9 cm³/mol. The lowest BCUT2D eigenvalue weighted by Crippen LogP contribution is -2.30. The van der Waals surface area contributed by atoms with E-state index in [1.54, 1.807) is 0 Å². The second-order valence-electron chi connectivity index (χ2n) is 6.31. The minimum absolute atomic E-state index is 0.0839. The van der Waals surface area contributed by atoms with Crippen LogP contribution in [0.2, 0.25) is 0 Å². The van der Waals surface area contributed by atoms with E-state index in [9.17, 15) is 9.59 Å². The van der Waals surface area contributed by atoms with Crippen molar-refractivity contribution in [2.24, 2.45) is 0 Å². The highest BCUT2D eigenvalue weighted by Crippen LogP contribution is 2.33. The fourth-order valence-electron chi connectivity index (χ4n) is 3.40. The largest absolute Gasteiger partial charge is 0.373 e. The molecular weight excluding hydrogens is 384 g/mol. The maximum absolute atomic E-state index is 11.8. The van der Waals surface area contributed by atoms with Gasteiger partial charge in [0.25, 0.3) is 0 Å². The molecule has 0 saturated heterocycles. The molecule has 5 nitrogen and oxygen atoms in total. The molecule has 6 heteroatoms. The van der Waals surface area contributed by atoms with Crippen molar-refractivity contribution in [3.63, 3.8) is 0 Å². The van der Waals surface area contributed by atoms with Crippen molar-refractivity contribution in [2.45, 2.75) is 32.0 Å². The van der Waals surface area contributed by atoms with Crippen LogP contribution in [-0.2, 0) is 24.2 Å². The highest BCUT2D eigenvalue weighted by atomic mass is 79.9. The molecule has 1 aliphatic carbocycles. The number of benzene rings is 2.